The number of hydrogen-bond donors (Lipinski definition) is 0. The standard InChI is InChI=1S/C18H14N2O3/c1-3-8-22-17-7-6-16(10-18(17)21-2)23-15-5-4-13(11-19)14(9-15)12-20/h3-7,9-10H,1,8H2,2H3. The maximum atomic E-state index is 9.04. The first-order valence-electron chi connectivity index (χ1n) is 6.75. The maximum absolute atomic E-state index is 9.04. The first-order chi connectivity index (χ1) is 11.2. The number of rotatable bonds is 6. The molecule has 0 unspecified atom stereocenters. The molecule has 2 aromatic rings. The van der Waals surface area contributed by atoms with Gasteiger partial charge in [-0.3, -0.25) is 0 Å². The Morgan fingerprint density at radius 3 is 2.35 bits per heavy atom. The van der Waals surface area contributed by atoms with E-state index in [1.54, 1.807) is 36.4 Å². The van der Waals surface area contributed by atoms with Crippen LogP contribution < -0.4 is 14.2 Å². The van der Waals surface area contributed by atoms with Gasteiger partial charge in [0, 0.05) is 6.07 Å². The fourth-order valence-corrected chi connectivity index (χ4v) is 1.89. The Morgan fingerprint density at radius 2 is 1.70 bits per heavy atom. The van der Waals surface area contributed by atoms with Gasteiger partial charge >= 0.3 is 0 Å². The van der Waals surface area contributed by atoms with Crippen LogP contribution in [0.15, 0.2) is 49.1 Å². The fourth-order valence-electron chi connectivity index (χ4n) is 1.89. The Bertz CT molecular complexity index is 801. The highest BCUT2D eigenvalue weighted by Gasteiger charge is 2.08. The van der Waals surface area contributed by atoms with Crippen LogP contribution in [0.1, 0.15) is 11.1 Å². The summed E-state index contributed by atoms with van der Waals surface area (Å²) in [5.74, 6) is 2.10. The topological polar surface area (TPSA) is 75.3 Å². The molecule has 2 aromatic carbocycles. The van der Waals surface area contributed by atoms with Gasteiger partial charge in [-0.25, -0.2) is 0 Å². The quantitative estimate of drug-likeness (QED) is 0.759. The number of nitrogens with zero attached hydrogens (tertiary/aromatic N) is 2. The second-order valence-corrected chi connectivity index (χ2v) is 4.45. The summed E-state index contributed by atoms with van der Waals surface area (Å²) in [5.41, 5.74) is 0.577. The fraction of sp³-hybridized carbons (Fsp3) is 0.111. The number of ether oxygens (including phenoxy) is 3. The van der Waals surface area contributed by atoms with Crippen molar-refractivity contribution in [2.24, 2.45) is 0 Å². The molecule has 0 radical (unpaired) electrons. The van der Waals surface area contributed by atoms with E-state index in [4.69, 9.17) is 24.7 Å². The number of benzene rings is 2. The molecule has 0 saturated heterocycles. The summed E-state index contributed by atoms with van der Waals surface area (Å²) in [6, 6.07) is 13.8. The molecule has 0 amide bonds. The molecule has 0 aliphatic heterocycles. The van der Waals surface area contributed by atoms with E-state index in [2.05, 4.69) is 6.58 Å². The molecule has 0 saturated carbocycles. The molecular formula is C18H14N2O3. The molecule has 0 aromatic heterocycles. The van der Waals surface area contributed by atoms with E-state index < -0.39 is 0 Å². The van der Waals surface area contributed by atoms with E-state index in [1.807, 2.05) is 12.1 Å². The Morgan fingerprint density at radius 1 is 1.00 bits per heavy atom. The molecule has 0 bridgehead atoms. The zero-order valence-electron chi connectivity index (χ0n) is 12.6. The van der Waals surface area contributed by atoms with Gasteiger partial charge in [-0.1, -0.05) is 12.7 Å². The predicted octanol–water partition coefficient (Wildman–Crippen LogP) is 3.80. The van der Waals surface area contributed by atoms with Crippen LogP contribution in [0.4, 0.5) is 0 Å². The van der Waals surface area contributed by atoms with Crippen LogP contribution in [-0.2, 0) is 0 Å². The lowest BCUT2D eigenvalue weighted by molar-refractivity contribution is 0.324. The third-order valence-electron chi connectivity index (χ3n) is 2.96. The third kappa shape index (κ3) is 3.81. The van der Waals surface area contributed by atoms with Crippen molar-refractivity contribution in [2.75, 3.05) is 13.7 Å². The molecule has 23 heavy (non-hydrogen) atoms. The van der Waals surface area contributed by atoms with Crippen LogP contribution in [-0.4, -0.2) is 13.7 Å². The average Bonchev–Trinajstić information content (AvgIpc) is 2.60. The maximum Gasteiger partial charge on any atom is 0.164 e. The van der Waals surface area contributed by atoms with Gasteiger partial charge in [0.2, 0.25) is 0 Å². The van der Waals surface area contributed by atoms with Crippen molar-refractivity contribution in [2.45, 2.75) is 0 Å². The highest BCUT2D eigenvalue weighted by molar-refractivity contribution is 5.51. The molecule has 0 spiro atoms. The molecule has 0 aliphatic rings. The summed E-state index contributed by atoms with van der Waals surface area (Å²) in [6.07, 6.45) is 1.64. The van der Waals surface area contributed by atoms with Crippen molar-refractivity contribution in [1.82, 2.24) is 0 Å². The van der Waals surface area contributed by atoms with Gasteiger partial charge in [-0.15, -0.1) is 0 Å². The minimum absolute atomic E-state index is 0.267. The molecule has 2 rings (SSSR count). The van der Waals surface area contributed by atoms with E-state index in [1.165, 1.54) is 13.2 Å². The normalized spacial score (nSPS) is 9.35. The van der Waals surface area contributed by atoms with E-state index in [0.29, 0.717) is 35.2 Å². The highest BCUT2D eigenvalue weighted by atomic mass is 16.5. The van der Waals surface area contributed by atoms with Crippen LogP contribution >= 0.6 is 0 Å². The van der Waals surface area contributed by atoms with Gasteiger partial charge in [-0.2, -0.15) is 10.5 Å². The molecule has 0 N–H and O–H groups in total. The van der Waals surface area contributed by atoms with Gasteiger partial charge in [0.05, 0.1) is 18.2 Å². The molecular weight excluding hydrogens is 292 g/mol. The zero-order valence-corrected chi connectivity index (χ0v) is 12.6. The second-order valence-electron chi connectivity index (χ2n) is 4.45. The smallest absolute Gasteiger partial charge is 0.164 e. The number of methoxy groups -OCH3 is 1. The minimum atomic E-state index is 0.267. The predicted molar refractivity (Wildman–Crippen MR) is 84.6 cm³/mol. The van der Waals surface area contributed by atoms with Crippen molar-refractivity contribution in [3.05, 3.63) is 60.2 Å². The lowest BCUT2D eigenvalue weighted by atomic mass is 10.1. The van der Waals surface area contributed by atoms with Crippen molar-refractivity contribution in [3.8, 4) is 35.1 Å². The van der Waals surface area contributed by atoms with Gasteiger partial charge in [0.25, 0.3) is 0 Å². The lowest BCUT2D eigenvalue weighted by Crippen LogP contribution is -1.96. The largest absolute Gasteiger partial charge is 0.493 e. The summed E-state index contributed by atoms with van der Waals surface area (Å²) >= 11 is 0. The van der Waals surface area contributed by atoms with E-state index in [-0.39, 0.29) is 5.56 Å². The van der Waals surface area contributed by atoms with Crippen molar-refractivity contribution >= 4 is 0 Å². The highest BCUT2D eigenvalue weighted by Crippen LogP contribution is 2.33. The third-order valence-corrected chi connectivity index (χ3v) is 2.96. The Kier molecular flexibility index (Phi) is 5.22. The van der Waals surface area contributed by atoms with E-state index in [9.17, 15) is 0 Å². The van der Waals surface area contributed by atoms with Crippen molar-refractivity contribution < 1.29 is 14.2 Å². The van der Waals surface area contributed by atoms with Gasteiger partial charge in [0.1, 0.15) is 30.2 Å². The summed E-state index contributed by atoms with van der Waals surface area (Å²) in [7, 11) is 1.54. The summed E-state index contributed by atoms with van der Waals surface area (Å²) < 4.78 is 16.4. The summed E-state index contributed by atoms with van der Waals surface area (Å²) in [4.78, 5) is 0. The Hall–Kier alpha value is -3.44. The van der Waals surface area contributed by atoms with Crippen LogP contribution in [0.3, 0.4) is 0 Å². The van der Waals surface area contributed by atoms with Crippen LogP contribution in [0.5, 0.6) is 23.0 Å². The molecule has 0 aliphatic carbocycles. The molecule has 5 heteroatoms. The Labute approximate surface area is 134 Å². The zero-order chi connectivity index (χ0) is 16.7. The first kappa shape index (κ1) is 15.9. The second kappa shape index (κ2) is 7.53. The van der Waals surface area contributed by atoms with Crippen LogP contribution in [0, 0.1) is 22.7 Å². The molecule has 114 valence electrons. The van der Waals surface area contributed by atoms with Gasteiger partial charge < -0.3 is 14.2 Å². The lowest BCUT2D eigenvalue weighted by Gasteiger charge is -2.12. The summed E-state index contributed by atoms with van der Waals surface area (Å²) in [5, 5.41) is 18.0. The monoisotopic (exact) mass is 306 g/mol. The number of hydrogen-bond acceptors (Lipinski definition) is 5. The van der Waals surface area contributed by atoms with Crippen molar-refractivity contribution in [1.29, 1.82) is 10.5 Å². The Balaban J connectivity index is 2.25. The first-order valence-corrected chi connectivity index (χ1v) is 6.75. The average molecular weight is 306 g/mol. The van der Waals surface area contributed by atoms with Crippen LogP contribution in [0.2, 0.25) is 0 Å². The molecule has 5 nitrogen and oxygen atoms in total. The minimum Gasteiger partial charge on any atom is -0.493 e. The van der Waals surface area contributed by atoms with Crippen LogP contribution in [0.25, 0.3) is 0 Å². The van der Waals surface area contributed by atoms with Gasteiger partial charge in [-0.05, 0) is 30.3 Å². The van der Waals surface area contributed by atoms with Crippen molar-refractivity contribution in [3.63, 3.8) is 0 Å². The van der Waals surface area contributed by atoms with E-state index >= 15 is 0 Å². The molecule has 0 atom stereocenters. The molecule has 0 heterocycles. The molecule has 0 fully saturated rings. The van der Waals surface area contributed by atoms with Gasteiger partial charge in [0.15, 0.2) is 11.5 Å². The van der Waals surface area contributed by atoms with E-state index in [0.717, 1.165) is 0 Å². The summed E-state index contributed by atoms with van der Waals surface area (Å²) in [6.45, 7) is 3.97. The number of nitriles is 2. The SMILES string of the molecule is C=CCOc1ccc(Oc2ccc(C#N)c(C#N)c2)cc1OC.